The van der Waals surface area contributed by atoms with Crippen molar-refractivity contribution in [1.29, 1.82) is 0 Å². The van der Waals surface area contributed by atoms with Crippen molar-refractivity contribution in [3.05, 3.63) is 75.9 Å². The minimum Gasteiger partial charge on any atom is -0.321 e. The van der Waals surface area contributed by atoms with Crippen molar-refractivity contribution in [2.45, 2.75) is 0 Å². The first-order valence-corrected chi connectivity index (χ1v) is 8.59. The number of thiophene rings is 1. The van der Waals surface area contributed by atoms with Crippen molar-refractivity contribution in [1.82, 2.24) is 0 Å². The molecule has 3 N–H and O–H groups in total. The largest absolute Gasteiger partial charge is 0.323 e. The Hall–Kier alpha value is -2.83. The molecule has 5 nitrogen and oxygen atoms in total. The summed E-state index contributed by atoms with van der Waals surface area (Å²) in [6.45, 7) is 0. The Morgan fingerprint density at radius 1 is 0.760 bits per heavy atom. The van der Waals surface area contributed by atoms with Crippen LogP contribution in [0.2, 0.25) is 4.34 Å². The van der Waals surface area contributed by atoms with E-state index in [-0.39, 0.29) is 11.9 Å². The molecule has 0 saturated carbocycles. The Kier molecular flexibility index (Phi) is 5.33. The zero-order chi connectivity index (χ0) is 17.6. The second kappa shape index (κ2) is 7.83. The van der Waals surface area contributed by atoms with E-state index in [0.29, 0.717) is 26.3 Å². The number of nitrogens with one attached hydrogen (secondary N) is 3. The Morgan fingerprint density at radius 2 is 1.40 bits per heavy atom. The van der Waals surface area contributed by atoms with E-state index >= 15 is 0 Å². The predicted octanol–water partition coefficient (Wildman–Crippen LogP) is 5.30. The Labute approximate surface area is 153 Å². The lowest BCUT2D eigenvalue weighted by Crippen LogP contribution is -2.19. The third-order valence-corrected chi connectivity index (χ3v) is 4.44. The molecule has 0 unspecified atom stereocenters. The van der Waals surface area contributed by atoms with Gasteiger partial charge in [0.15, 0.2) is 0 Å². The van der Waals surface area contributed by atoms with Crippen molar-refractivity contribution in [3.63, 3.8) is 0 Å². The quantitative estimate of drug-likeness (QED) is 0.582. The number of hydrogen-bond acceptors (Lipinski definition) is 3. The molecule has 0 spiro atoms. The zero-order valence-corrected chi connectivity index (χ0v) is 14.5. The van der Waals surface area contributed by atoms with Gasteiger partial charge in [-0.15, -0.1) is 11.3 Å². The summed E-state index contributed by atoms with van der Waals surface area (Å²) >= 11 is 7.05. The fourth-order valence-electron chi connectivity index (χ4n) is 2.12. The van der Waals surface area contributed by atoms with Gasteiger partial charge in [0.05, 0.1) is 9.21 Å². The number of amides is 3. The molecule has 3 rings (SSSR count). The third kappa shape index (κ3) is 4.82. The number of rotatable bonds is 4. The number of halogens is 1. The number of carbonyl (C=O) groups is 2. The number of benzene rings is 2. The summed E-state index contributed by atoms with van der Waals surface area (Å²) in [4.78, 5) is 24.7. The SMILES string of the molecule is O=C(Nc1ccccc1)Nc1cccc(NC(=O)c2ccc(Cl)s2)c1. The molecule has 7 heteroatoms. The van der Waals surface area contributed by atoms with E-state index in [1.165, 1.54) is 11.3 Å². The van der Waals surface area contributed by atoms with Crippen LogP contribution in [-0.2, 0) is 0 Å². The standard InChI is InChI=1S/C18H14ClN3O2S/c19-16-10-9-15(25-16)17(23)20-13-7-4-8-14(11-13)22-18(24)21-12-5-2-1-3-6-12/h1-11H,(H,20,23)(H2,21,22,24). The van der Waals surface area contributed by atoms with Crippen LogP contribution < -0.4 is 16.0 Å². The topological polar surface area (TPSA) is 70.2 Å². The first-order valence-electron chi connectivity index (χ1n) is 7.40. The van der Waals surface area contributed by atoms with Crippen molar-refractivity contribution < 1.29 is 9.59 Å². The number of para-hydroxylation sites is 1. The molecule has 1 heterocycles. The predicted molar refractivity (Wildman–Crippen MR) is 103 cm³/mol. The lowest BCUT2D eigenvalue weighted by molar-refractivity contribution is 0.103. The number of hydrogen-bond donors (Lipinski definition) is 3. The number of carbonyl (C=O) groups excluding carboxylic acids is 2. The van der Waals surface area contributed by atoms with Gasteiger partial charge in [0, 0.05) is 17.1 Å². The fraction of sp³-hybridized carbons (Fsp3) is 0. The highest BCUT2D eigenvalue weighted by molar-refractivity contribution is 7.18. The van der Waals surface area contributed by atoms with E-state index in [1.54, 1.807) is 48.5 Å². The number of anilines is 3. The van der Waals surface area contributed by atoms with Gasteiger partial charge in [-0.05, 0) is 42.5 Å². The van der Waals surface area contributed by atoms with Crippen LogP contribution in [0, 0.1) is 0 Å². The van der Waals surface area contributed by atoms with Gasteiger partial charge in [-0.2, -0.15) is 0 Å². The summed E-state index contributed by atoms with van der Waals surface area (Å²) in [5.41, 5.74) is 1.83. The van der Waals surface area contributed by atoms with Gasteiger partial charge in [-0.1, -0.05) is 35.9 Å². The van der Waals surface area contributed by atoms with Gasteiger partial charge in [0.2, 0.25) is 0 Å². The average molecular weight is 372 g/mol. The Bertz CT molecular complexity index is 896. The maximum Gasteiger partial charge on any atom is 0.323 e. The maximum absolute atomic E-state index is 12.1. The van der Waals surface area contributed by atoms with Gasteiger partial charge >= 0.3 is 6.03 Å². The van der Waals surface area contributed by atoms with E-state index < -0.39 is 0 Å². The normalized spacial score (nSPS) is 10.1. The lowest BCUT2D eigenvalue weighted by atomic mass is 10.2. The summed E-state index contributed by atoms with van der Waals surface area (Å²) in [5.74, 6) is -0.247. The molecular weight excluding hydrogens is 358 g/mol. The van der Waals surface area contributed by atoms with Gasteiger partial charge in [-0.3, -0.25) is 4.79 Å². The maximum atomic E-state index is 12.1. The molecule has 0 aliphatic rings. The van der Waals surface area contributed by atoms with Gasteiger partial charge in [0.25, 0.3) is 5.91 Å². The van der Waals surface area contributed by atoms with Crippen LogP contribution in [0.3, 0.4) is 0 Å². The van der Waals surface area contributed by atoms with Crippen LogP contribution in [0.4, 0.5) is 21.9 Å². The molecule has 0 aliphatic carbocycles. The van der Waals surface area contributed by atoms with Crippen molar-refractivity contribution in [3.8, 4) is 0 Å². The summed E-state index contributed by atoms with van der Waals surface area (Å²) in [6, 6.07) is 19.0. The molecule has 0 bridgehead atoms. The Balaban J connectivity index is 1.63. The monoisotopic (exact) mass is 371 g/mol. The second-order valence-electron chi connectivity index (χ2n) is 5.08. The molecule has 0 aliphatic heterocycles. The minimum atomic E-state index is -0.361. The highest BCUT2D eigenvalue weighted by Gasteiger charge is 2.10. The van der Waals surface area contributed by atoms with Crippen LogP contribution in [0.15, 0.2) is 66.7 Å². The molecule has 2 aromatic carbocycles. The third-order valence-electron chi connectivity index (χ3n) is 3.21. The van der Waals surface area contributed by atoms with Crippen molar-refractivity contribution in [2.75, 3.05) is 16.0 Å². The van der Waals surface area contributed by atoms with Crippen LogP contribution in [-0.4, -0.2) is 11.9 Å². The lowest BCUT2D eigenvalue weighted by Gasteiger charge is -2.09. The average Bonchev–Trinajstić information content (AvgIpc) is 3.02. The smallest absolute Gasteiger partial charge is 0.321 e. The van der Waals surface area contributed by atoms with E-state index in [4.69, 9.17) is 11.6 Å². The van der Waals surface area contributed by atoms with Crippen LogP contribution in [0.5, 0.6) is 0 Å². The molecular formula is C18H14ClN3O2S. The summed E-state index contributed by atoms with van der Waals surface area (Å²) in [7, 11) is 0. The molecule has 0 fully saturated rings. The van der Waals surface area contributed by atoms with E-state index in [0.717, 1.165) is 0 Å². The summed E-state index contributed by atoms with van der Waals surface area (Å²) in [6.07, 6.45) is 0. The second-order valence-corrected chi connectivity index (χ2v) is 6.80. The summed E-state index contributed by atoms with van der Waals surface area (Å²) < 4.78 is 0.554. The highest BCUT2D eigenvalue weighted by Crippen LogP contribution is 2.23. The molecule has 0 radical (unpaired) electrons. The van der Waals surface area contributed by atoms with Gasteiger partial charge < -0.3 is 16.0 Å². The van der Waals surface area contributed by atoms with E-state index in [9.17, 15) is 9.59 Å². The Morgan fingerprint density at radius 3 is 2.08 bits per heavy atom. The van der Waals surface area contributed by atoms with Crippen LogP contribution >= 0.6 is 22.9 Å². The molecule has 3 amide bonds. The molecule has 25 heavy (non-hydrogen) atoms. The van der Waals surface area contributed by atoms with Gasteiger partial charge in [0.1, 0.15) is 0 Å². The van der Waals surface area contributed by atoms with E-state index in [2.05, 4.69) is 16.0 Å². The summed E-state index contributed by atoms with van der Waals surface area (Å²) in [5, 5.41) is 8.23. The minimum absolute atomic E-state index is 0.247. The van der Waals surface area contributed by atoms with Crippen molar-refractivity contribution in [2.24, 2.45) is 0 Å². The molecule has 1 aromatic heterocycles. The van der Waals surface area contributed by atoms with E-state index in [1.807, 2.05) is 18.2 Å². The van der Waals surface area contributed by atoms with Crippen LogP contribution in [0.25, 0.3) is 0 Å². The number of urea groups is 1. The molecule has 126 valence electrons. The molecule has 0 saturated heterocycles. The molecule has 3 aromatic rings. The fourth-order valence-corrected chi connectivity index (χ4v) is 3.06. The zero-order valence-electron chi connectivity index (χ0n) is 13.0. The first kappa shape index (κ1) is 17.0. The van der Waals surface area contributed by atoms with Crippen molar-refractivity contribution >= 4 is 51.9 Å². The first-order chi connectivity index (χ1) is 12.1. The van der Waals surface area contributed by atoms with Gasteiger partial charge in [-0.25, -0.2) is 4.79 Å². The van der Waals surface area contributed by atoms with Crippen LogP contribution in [0.1, 0.15) is 9.67 Å². The molecule has 0 atom stereocenters. The highest BCUT2D eigenvalue weighted by atomic mass is 35.5.